The van der Waals surface area contributed by atoms with E-state index in [0.29, 0.717) is 47.7 Å². The van der Waals surface area contributed by atoms with Crippen LogP contribution in [0.25, 0.3) is 16.2 Å². The lowest BCUT2D eigenvalue weighted by Crippen LogP contribution is -2.15. The molecule has 4 rings (SSSR count). The molecule has 9 heteroatoms. The summed E-state index contributed by atoms with van der Waals surface area (Å²) in [4.78, 5) is 29.5. The predicted molar refractivity (Wildman–Crippen MR) is 103 cm³/mol. The predicted octanol–water partition coefficient (Wildman–Crippen LogP) is 3.51. The van der Waals surface area contributed by atoms with E-state index < -0.39 is 0 Å². The number of hydrogen-bond donors (Lipinski definition) is 0. The number of imidazole rings is 1. The second-order valence-corrected chi connectivity index (χ2v) is 7.72. The van der Waals surface area contributed by atoms with Crippen LogP contribution < -0.4 is 9.47 Å². The number of ether oxygens (including phenoxy) is 3. The maximum atomic E-state index is 11.8. The Kier molecular flexibility index (Phi) is 4.88. The van der Waals surface area contributed by atoms with Crippen LogP contribution in [0.5, 0.6) is 11.5 Å². The third-order valence-corrected chi connectivity index (χ3v) is 5.67. The molecule has 0 saturated heterocycles. The molecule has 1 aliphatic heterocycles. The Balaban J connectivity index is 1.75. The molecule has 0 atom stereocenters. The minimum atomic E-state index is -0.301. The van der Waals surface area contributed by atoms with Gasteiger partial charge in [-0.05, 0) is 35.0 Å². The van der Waals surface area contributed by atoms with Gasteiger partial charge in [-0.15, -0.1) is 11.3 Å². The van der Waals surface area contributed by atoms with Crippen molar-refractivity contribution < 1.29 is 23.8 Å². The molecule has 0 amide bonds. The minimum Gasteiger partial charge on any atom is -0.486 e. The molecule has 2 aromatic heterocycles. The summed E-state index contributed by atoms with van der Waals surface area (Å²) in [6.45, 7) is 3.08. The summed E-state index contributed by atoms with van der Waals surface area (Å²) in [5.74, 6) is 0.974. The van der Waals surface area contributed by atoms with Gasteiger partial charge in [0.05, 0.1) is 13.0 Å². The smallest absolute Gasteiger partial charge is 0.311 e. The van der Waals surface area contributed by atoms with Crippen LogP contribution in [0.15, 0.2) is 22.8 Å². The van der Waals surface area contributed by atoms with Crippen molar-refractivity contribution in [2.45, 2.75) is 13.3 Å². The lowest BCUT2D eigenvalue weighted by atomic mass is 10.1. The number of hydrogen-bond acceptors (Lipinski definition) is 7. The van der Waals surface area contributed by atoms with Crippen LogP contribution in [0.1, 0.15) is 22.3 Å². The molecular weight excluding hydrogens is 436 g/mol. The van der Waals surface area contributed by atoms with Gasteiger partial charge in [-0.25, -0.2) is 4.98 Å². The van der Waals surface area contributed by atoms with Crippen molar-refractivity contribution in [3.8, 4) is 22.8 Å². The summed E-state index contributed by atoms with van der Waals surface area (Å²) in [6, 6.07) is 3.63. The number of esters is 1. The quantitative estimate of drug-likeness (QED) is 0.437. The Morgan fingerprint density at radius 3 is 2.81 bits per heavy atom. The van der Waals surface area contributed by atoms with Crippen molar-refractivity contribution in [3.05, 3.63) is 33.4 Å². The van der Waals surface area contributed by atoms with Gasteiger partial charge in [-0.3, -0.25) is 14.0 Å². The Morgan fingerprint density at radius 2 is 2.11 bits per heavy atom. The highest BCUT2D eigenvalue weighted by Gasteiger charge is 2.22. The minimum absolute atomic E-state index is 0.156. The molecule has 0 radical (unpaired) electrons. The molecule has 0 saturated carbocycles. The molecule has 0 unspecified atom stereocenters. The molecule has 0 spiro atoms. The third-order valence-electron chi connectivity index (χ3n) is 4.03. The average Bonchev–Trinajstić information content (AvgIpc) is 3.17. The summed E-state index contributed by atoms with van der Waals surface area (Å²) in [7, 11) is 0. The van der Waals surface area contributed by atoms with Crippen LogP contribution in [0, 0.1) is 0 Å². The molecule has 3 aromatic rings. The summed E-state index contributed by atoms with van der Waals surface area (Å²) in [6.07, 6.45) is 2.67. The fraction of sp³-hybridized carbons (Fsp3) is 0.278. The Hall–Kier alpha value is -2.39. The molecular formula is C18H15BrN2O5S. The van der Waals surface area contributed by atoms with Crippen LogP contribution in [-0.4, -0.2) is 41.5 Å². The first kappa shape index (κ1) is 18.0. The number of fused-ring (bicyclic) bond motifs is 2. The van der Waals surface area contributed by atoms with Gasteiger partial charge in [0.1, 0.15) is 24.6 Å². The number of thiazole rings is 1. The van der Waals surface area contributed by atoms with Crippen LogP contribution in [0.2, 0.25) is 0 Å². The van der Waals surface area contributed by atoms with Crippen molar-refractivity contribution in [1.29, 1.82) is 0 Å². The van der Waals surface area contributed by atoms with E-state index in [0.717, 1.165) is 21.2 Å². The van der Waals surface area contributed by atoms with Crippen molar-refractivity contribution in [2.75, 3.05) is 19.8 Å². The molecule has 0 aliphatic carbocycles. The number of aldehydes is 1. The van der Waals surface area contributed by atoms with Gasteiger partial charge in [0.25, 0.3) is 0 Å². The standard InChI is InChI=1S/C18H15BrN2O5S/c1-2-24-16(23)5-10-8-21-13(9-22)17(20-18(21)27-10)11-6-14-15(7-12(11)19)26-4-3-25-14/h6-9H,2-5H2,1H3. The van der Waals surface area contributed by atoms with Gasteiger partial charge < -0.3 is 14.2 Å². The van der Waals surface area contributed by atoms with Crippen molar-refractivity contribution in [2.24, 2.45) is 0 Å². The monoisotopic (exact) mass is 450 g/mol. The molecule has 140 valence electrons. The number of carbonyl (C=O) groups excluding carboxylic acids is 2. The van der Waals surface area contributed by atoms with E-state index in [4.69, 9.17) is 14.2 Å². The highest BCUT2D eigenvalue weighted by atomic mass is 79.9. The maximum Gasteiger partial charge on any atom is 0.311 e. The number of rotatable bonds is 5. The molecule has 0 N–H and O–H groups in total. The van der Waals surface area contributed by atoms with Gasteiger partial charge in [0, 0.05) is 21.1 Å². The number of benzene rings is 1. The molecule has 27 heavy (non-hydrogen) atoms. The van der Waals surface area contributed by atoms with Gasteiger partial charge in [0.2, 0.25) is 0 Å². The number of halogens is 1. The van der Waals surface area contributed by atoms with Crippen molar-refractivity contribution in [3.63, 3.8) is 0 Å². The molecule has 1 aliphatic rings. The first-order chi connectivity index (χ1) is 13.1. The summed E-state index contributed by atoms with van der Waals surface area (Å²) < 4.78 is 18.6. The number of nitrogens with zero attached hydrogens (tertiary/aromatic N) is 2. The summed E-state index contributed by atoms with van der Waals surface area (Å²) >= 11 is 4.88. The second kappa shape index (κ2) is 7.32. The molecule has 7 nitrogen and oxygen atoms in total. The van der Waals surface area contributed by atoms with E-state index in [1.54, 1.807) is 17.5 Å². The lowest BCUT2D eigenvalue weighted by Gasteiger charge is -2.19. The van der Waals surface area contributed by atoms with Crippen molar-refractivity contribution in [1.82, 2.24) is 9.38 Å². The Labute approximate surface area is 167 Å². The first-order valence-electron chi connectivity index (χ1n) is 8.31. The van der Waals surface area contributed by atoms with E-state index in [9.17, 15) is 9.59 Å². The molecule has 0 bridgehead atoms. The maximum absolute atomic E-state index is 11.8. The van der Waals surface area contributed by atoms with E-state index >= 15 is 0 Å². The van der Waals surface area contributed by atoms with Crippen molar-refractivity contribution >= 4 is 44.5 Å². The van der Waals surface area contributed by atoms with Gasteiger partial charge in [0.15, 0.2) is 22.7 Å². The largest absolute Gasteiger partial charge is 0.486 e. The van der Waals surface area contributed by atoms with E-state index in [-0.39, 0.29) is 12.4 Å². The molecule has 3 heterocycles. The van der Waals surface area contributed by atoms with E-state index in [1.807, 2.05) is 12.1 Å². The zero-order valence-corrected chi connectivity index (χ0v) is 16.8. The zero-order chi connectivity index (χ0) is 19.0. The highest BCUT2D eigenvalue weighted by molar-refractivity contribution is 9.10. The van der Waals surface area contributed by atoms with Gasteiger partial charge >= 0.3 is 5.97 Å². The Morgan fingerprint density at radius 1 is 1.37 bits per heavy atom. The van der Waals surface area contributed by atoms with E-state index in [2.05, 4.69) is 20.9 Å². The fourth-order valence-corrected chi connectivity index (χ4v) is 4.38. The summed E-state index contributed by atoms with van der Waals surface area (Å²) in [5.41, 5.74) is 1.70. The topological polar surface area (TPSA) is 79.1 Å². The Bertz CT molecular complexity index is 1040. The first-order valence-corrected chi connectivity index (χ1v) is 9.92. The normalized spacial score (nSPS) is 13.0. The molecule has 1 aromatic carbocycles. The van der Waals surface area contributed by atoms with Crippen LogP contribution in [-0.2, 0) is 16.0 Å². The second-order valence-electron chi connectivity index (χ2n) is 5.77. The van der Waals surface area contributed by atoms with Crippen LogP contribution in [0.4, 0.5) is 0 Å². The number of carbonyl (C=O) groups is 2. The average molecular weight is 451 g/mol. The SMILES string of the molecule is CCOC(=O)Cc1cn2c(C=O)c(-c3cc4c(cc3Br)OCCO4)nc2s1. The van der Waals surface area contributed by atoms with E-state index in [1.165, 1.54) is 11.3 Å². The van der Waals surface area contributed by atoms with Gasteiger partial charge in [-0.2, -0.15) is 0 Å². The number of aromatic nitrogens is 2. The van der Waals surface area contributed by atoms with Gasteiger partial charge in [-0.1, -0.05) is 0 Å². The zero-order valence-electron chi connectivity index (χ0n) is 14.4. The fourth-order valence-electron chi connectivity index (χ4n) is 2.90. The third kappa shape index (κ3) is 3.32. The molecule has 0 fully saturated rings. The van der Waals surface area contributed by atoms with Crippen LogP contribution in [0.3, 0.4) is 0 Å². The lowest BCUT2D eigenvalue weighted by molar-refractivity contribution is -0.142. The highest BCUT2D eigenvalue weighted by Crippen LogP contribution is 2.41. The summed E-state index contributed by atoms with van der Waals surface area (Å²) in [5, 5.41) is 0. The van der Waals surface area contributed by atoms with Crippen LogP contribution >= 0.6 is 27.3 Å².